The average molecular weight is 234 g/mol. The maximum absolute atomic E-state index is 9.47. The molecule has 0 unspecified atom stereocenters. The molecule has 1 heterocycles. The standard InChI is InChI=1S/C11H14N4O2/c12-9-2-1-7(17)5-8(9)11-10(13)6-14-15(11)3-4-16/h1-2,5-6,16-17H,3-4,12-13H2. The van der Waals surface area contributed by atoms with Gasteiger partial charge in [-0.25, -0.2) is 0 Å². The summed E-state index contributed by atoms with van der Waals surface area (Å²) in [7, 11) is 0. The molecule has 0 bridgehead atoms. The van der Waals surface area contributed by atoms with Crippen LogP contribution in [0.15, 0.2) is 24.4 Å². The van der Waals surface area contributed by atoms with E-state index in [2.05, 4.69) is 5.10 Å². The van der Waals surface area contributed by atoms with E-state index in [1.54, 1.807) is 10.7 Å². The number of nitrogens with zero attached hydrogens (tertiary/aromatic N) is 2. The van der Waals surface area contributed by atoms with Crippen molar-refractivity contribution in [2.75, 3.05) is 18.1 Å². The number of rotatable bonds is 3. The molecule has 0 aliphatic carbocycles. The Morgan fingerprint density at radius 3 is 2.71 bits per heavy atom. The van der Waals surface area contributed by atoms with E-state index in [0.29, 0.717) is 29.2 Å². The number of phenols is 1. The first-order chi connectivity index (χ1) is 8.13. The molecule has 90 valence electrons. The predicted molar refractivity (Wildman–Crippen MR) is 65.2 cm³/mol. The molecule has 6 heteroatoms. The zero-order valence-electron chi connectivity index (χ0n) is 9.17. The van der Waals surface area contributed by atoms with Crippen LogP contribution in [0.2, 0.25) is 0 Å². The Morgan fingerprint density at radius 2 is 2.00 bits per heavy atom. The Labute approximate surface area is 98.1 Å². The van der Waals surface area contributed by atoms with Crippen molar-refractivity contribution < 1.29 is 10.2 Å². The second-order valence-electron chi connectivity index (χ2n) is 3.67. The van der Waals surface area contributed by atoms with Crippen molar-refractivity contribution in [3.63, 3.8) is 0 Å². The van der Waals surface area contributed by atoms with Gasteiger partial charge in [-0.15, -0.1) is 0 Å². The summed E-state index contributed by atoms with van der Waals surface area (Å²) in [5.41, 5.74) is 13.8. The third kappa shape index (κ3) is 2.02. The molecule has 0 saturated heterocycles. The highest BCUT2D eigenvalue weighted by molar-refractivity contribution is 5.82. The Morgan fingerprint density at radius 1 is 1.24 bits per heavy atom. The molecule has 2 rings (SSSR count). The molecule has 0 radical (unpaired) electrons. The molecule has 0 saturated carbocycles. The first kappa shape index (κ1) is 11.3. The van der Waals surface area contributed by atoms with Crippen molar-refractivity contribution >= 4 is 11.4 Å². The first-order valence-corrected chi connectivity index (χ1v) is 5.14. The lowest BCUT2D eigenvalue weighted by molar-refractivity contribution is 0.270. The molecular formula is C11H14N4O2. The van der Waals surface area contributed by atoms with Gasteiger partial charge in [-0.3, -0.25) is 4.68 Å². The minimum Gasteiger partial charge on any atom is -0.508 e. The largest absolute Gasteiger partial charge is 0.508 e. The summed E-state index contributed by atoms with van der Waals surface area (Å²) >= 11 is 0. The second kappa shape index (κ2) is 4.34. The van der Waals surface area contributed by atoms with Gasteiger partial charge in [-0.2, -0.15) is 5.10 Å². The van der Waals surface area contributed by atoms with Crippen LogP contribution < -0.4 is 11.5 Å². The Bertz CT molecular complexity index is 536. The summed E-state index contributed by atoms with van der Waals surface area (Å²) in [4.78, 5) is 0. The van der Waals surface area contributed by atoms with Crippen LogP contribution in [0.1, 0.15) is 0 Å². The summed E-state index contributed by atoms with van der Waals surface area (Å²) in [6.07, 6.45) is 1.49. The number of hydrogen-bond donors (Lipinski definition) is 4. The maximum atomic E-state index is 9.47. The highest BCUT2D eigenvalue weighted by atomic mass is 16.3. The van der Waals surface area contributed by atoms with Gasteiger partial charge >= 0.3 is 0 Å². The van der Waals surface area contributed by atoms with Gasteiger partial charge in [0.25, 0.3) is 0 Å². The fourth-order valence-corrected chi connectivity index (χ4v) is 1.71. The molecular weight excluding hydrogens is 220 g/mol. The van der Waals surface area contributed by atoms with Crippen molar-refractivity contribution in [3.8, 4) is 17.0 Å². The molecule has 0 aliphatic rings. The fraction of sp³-hybridized carbons (Fsp3) is 0.182. The number of aliphatic hydroxyl groups is 1. The van der Waals surface area contributed by atoms with Crippen molar-refractivity contribution in [2.24, 2.45) is 0 Å². The molecule has 0 aliphatic heterocycles. The number of nitrogens with two attached hydrogens (primary N) is 2. The van der Waals surface area contributed by atoms with E-state index in [-0.39, 0.29) is 12.4 Å². The Kier molecular flexibility index (Phi) is 2.88. The second-order valence-corrected chi connectivity index (χ2v) is 3.67. The number of aromatic nitrogens is 2. The van der Waals surface area contributed by atoms with Crippen LogP contribution in [0.25, 0.3) is 11.3 Å². The Balaban J connectivity index is 2.58. The SMILES string of the molecule is Nc1ccc(O)cc1-c1c(N)cnn1CCO. The monoisotopic (exact) mass is 234 g/mol. The van der Waals surface area contributed by atoms with Gasteiger partial charge in [0, 0.05) is 11.3 Å². The number of aliphatic hydroxyl groups excluding tert-OH is 1. The van der Waals surface area contributed by atoms with Gasteiger partial charge in [0.15, 0.2) is 0 Å². The quantitative estimate of drug-likeness (QED) is 0.454. The number of benzene rings is 1. The van der Waals surface area contributed by atoms with Gasteiger partial charge in [0.2, 0.25) is 0 Å². The lowest BCUT2D eigenvalue weighted by Crippen LogP contribution is -2.07. The van der Waals surface area contributed by atoms with Crippen LogP contribution in [0.5, 0.6) is 5.75 Å². The highest BCUT2D eigenvalue weighted by Gasteiger charge is 2.13. The van der Waals surface area contributed by atoms with Crippen LogP contribution in [0.3, 0.4) is 0 Å². The maximum Gasteiger partial charge on any atom is 0.116 e. The molecule has 0 spiro atoms. The van der Waals surface area contributed by atoms with E-state index < -0.39 is 0 Å². The lowest BCUT2D eigenvalue weighted by Gasteiger charge is -2.10. The minimum atomic E-state index is -0.0488. The average Bonchev–Trinajstić information content (AvgIpc) is 2.64. The summed E-state index contributed by atoms with van der Waals surface area (Å²) < 4.78 is 1.56. The van der Waals surface area contributed by atoms with Crippen molar-refractivity contribution in [1.29, 1.82) is 0 Å². The summed E-state index contributed by atoms with van der Waals surface area (Å²) in [6.45, 7) is 0.272. The zero-order chi connectivity index (χ0) is 12.4. The minimum absolute atomic E-state index is 0.0488. The molecule has 1 aromatic heterocycles. The summed E-state index contributed by atoms with van der Waals surface area (Å²) in [5.74, 6) is 0.102. The van der Waals surface area contributed by atoms with Gasteiger partial charge in [-0.1, -0.05) is 0 Å². The number of nitrogen functional groups attached to an aromatic ring is 2. The number of phenolic OH excluding ortho intramolecular Hbond substituents is 1. The first-order valence-electron chi connectivity index (χ1n) is 5.14. The Hall–Kier alpha value is -2.21. The van der Waals surface area contributed by atoms with E-state index in [4.69, 9.17) is 16.6 Å². The molecule has 0 fully saturated rings. The number of anilines is 2. The smallest absolute Gasteiger partial charge is 0.116 e. The zero-order valence-corrected chi connectivity index (χ0v) is 9.17. The van der Waals surface area contributed by atoms with Crippen LogP contribution in [0.4, 0.5) is 11.4 Å². The van der Waals surface area contributed by atoms with Gasteiger partial charge < -0.3 is 21.7 Å². The van der Waals surface area contributed by atoms with Gasteiger partial charge in [0.05, 0.1) is 30.7 Å². The number of hydrogen-bond acceptors (Lipinski definition) is 5. The van der Waals surface area contributed by atoms with Gasteiger partial charge in [-0.05, 0) is 18.2 Å². The fourth-order valence-electron chi connectivity index (χ4n) is 1.71. The van der Waals surface area contributed by atoms with E-state index in [1.165, 1.54) is 18.3 Å². The van der Waals surface area contributed by atoms with Crippen LogP contribution in [-0.2, 0) is 6.54 Å². The lowest BCUT2D eigenvalue weighted by atomic mass is 10.1. The van der Waals surface area contributed by atoms with E-state index in [1.807, 2.05) is 0 Å². The molecule has 6 nitrogen and oxygen atoms in total. The summed E-state index contributed by atoms with van der Waals surface area (Å²) in [6, 6.07) is 4.62. The van der Waals surface area contributed by atoms with Gasteiger partial charge in [0.1, 0.15) is 5.75 Å². The van der Waals surface area contributed by atoms with Crippen LogP contribution >= 0.6 is 0 Å². The summed E-state index contributed by atoms with van der Waals surface area (Å²) in [5, 5.41) is 22.5. The topological polar surface area (TPSA) is 110 Å². The van der Waals surface area contributed by atoms with Crippen LogP contribution in [0, 0.1) is 0 Å². The normalized spacial score (nSPS) is 10.6. The molecule has 6 N–H and O–H groups in total. The molecule has 0 atom stereocenters. The molecule has 2 aromatic rings. The predicted octanol–water partition coefficient (Wildman–Crippen LogP) is 0.412. The van der Waals surface area contributed by atoms with E-state index >= 15 is 0 Å². The van der Waals surface area contributed by atoms with Crippen LogP contribution in [-0.4, -0.2) is 26.6 Å². The highest BCUT2D eigenvalue weighted by Crippen LogP contribution is 2.32. The molecule has 0 amide bonds. The number of aromatic hydroxyl groups is 1. The molecule has 17 heavy (non-hydrogen) atoms. The van der Waals surface area contributed by atoms with Crippen molar-refractivity contribution in [2.45, 2.75) is 6.54 Å². The van der Waals surface area contributed by atoms with Crippen molar-refractivity contribution in [3.05, 3.63) is 24.4 Å². The molecule has 1 aromatic carbocycles. The van der Waals surface area contributed by atoms with E-state index in [0.717, 1.165) is 0 Å². The van der Waals surface area contributed by atoms with E-state index in [9.17, 15) is 5.11 Å². The third-order valence-corrected chi connectivity index (χ3v) is 2.47. The van der Waals surface area contributed by atoms with Crippen molar-refractivity contribution in [1.82, 2.24) is 9.78 Å². The third-order valence-electron chi connectivity index (χ3n) is 2.47.